The van der Waals surface area contributed by atoms with Crippen molar-refractivity contribution in [2.24, 2.45) is 0 Å². The highest BCUT2D eigenvalue weighted by molar-refractivity contribution is 5.71. The predicted molar refractivity (Wildman–Crippen MR) is 334 cm³/mol. The highest BCUT2D eigenvalue weighted by Gasteiger charge is 2.19. The summed E-state index contributed by atoms with van der Waals surface area (Å²) in [5, 5.41) is 0. The van der Waals surface area contributed by atoms with E-state index >= 15 is 0 Å². The van der Waals surface area contributed by atoms with Crippen molar-refractivity contribution < 1.29 is 28.6 Å². The Morgan fingerprint density at radius 1 is 0.273 bits per heavy atom. The molecule has 0 saturated heterocycles. The summed E-state index contributed by atoms with van der Waals surface area (Å²) in [6, 6.07) is 0. The Hall–Kier alpha value is -5.49. The van der Waals surface area contributed by atoms with Crippen LogP contribution in [0.2, 0.25) is 0 Å². The first-order chi connectivity index (χ1) is 38.0. The van der Waals surface area contributed by atoms with E-state index in [0.717, 1.165) is 154 Å². The number of carbonyl (C=O) groups excluding carboxylic acids is 3. The van der Waals surface area contributed by atoms with Crippen molar-refractivity contribution >= 4 is 17.9 Å². The number of rotatable bonds is 52. The molecule has 0 amide bonds. The summed E-state index contributed by atoms with van der Waals surface area (Å²) in [6.07, 6.45) is 94.7. The molecule has 428 valence electrons. The van der Waals surface area contributed by atoms with Gasteiger partial charge in [-0.15, -0.1) is 0 Å². The summed E-state index contributed by atoms with van der Waals surface area (Å²) in [5.74, 6) is -1.04. The first-order valence-electron chi connectivity index (χ1n) is 30.3. The summed E-state index contributed by atoms with van der Waals surface area (Å²) in [6.45, 7) is 6.27. The van der Waals surface area contributed by atoms with Crippen molar-refractivity contribution in [1.29, 1.82) is 0 Å². The molecule has 0 spiro atoms. The molecule has 0 N–H and O–H groups in total. The first-order valence-corrected chi connectivity index (χ1v) is 30.3. The van der Waals surface area contributed by atoms with E-state index in [0.29, 0.717) is 19.3 Å². The predicted octanol–water partition coefficient (Wildman–Crippen LogP) is 20.9. The molecule has 1 unspecified atom stereocenters. The molecule has 0 aromatic carbocycles. The molecule has 1 atom stereocenters. The van der Waals surface area contributed by atoms with Gasteiger partial charge in [0.05, 0.1) is 0 Å². The van der Waals surface area contributed by atoms with Crippen molar-refractivity contribution in [3.05, 3.63) is 182 Å². The molecule has 0 aliphatic carbocycles. The van der Waals surface area contributed by atoms with Gasteiger partial charge in [-0.05, 0) is 148 Å². The maximum absolute atomic E-state index is 12.9. The van der Waals surface area contributed by atoms with E-state index in [1.807, 2.05) is 0 Å². The van der Waals surface area contributed by atoms with Crippen LogP contribution in [-0.4, -0.2) is 37.2 Å². The van der Waals surface area contributed by atoms with Crippen LogP contribution >= 0.6 is 0 Å². The Kier molecular flexibility index (Phi) is 58.6. The van der Waals surface area contributed by atoms with Gasteiger partial charge in [0.25, 0.3) is 0 Å². The van der Waals surface area contributed by atoms with Crippen LogP contribution in [-0.2, 0) is 28.6 Å². The molecule has 0 bridgehead atoms. The number of hydrogen-bond acceptors (Lipinski definition) is 6. The Morgan fingerprint density at radius 3 is 0.870 bits per heavy atom. The minimum Gasteiger partial charge on any atom is -0.462 e. The third kappa shape index (κ3) is 61.2. The lowest BCUT2D eigenvalue weighted by Gasteiger charge is -2.18. The second-order valence-corrected chi connectivity index (χ2v) is 19.1. The molecule has 0 aliphatic heterocycles. The molecular formula is C71H108O6. The minimum atomic E-state index is -0.833. The van der Waals surface area contributed by atoms with Crippen LogP contribution in [0.15, 0.2) is 182 Å². The molecule has 0 rings (SSSR count). The van der Waals surface area contributed by atoms with E-state index in [-0.39, 0.29) is 44.0 Å². The van der Waals surface area contributed by atoms with E-state index in [1.165, 1.54) is 19.3 Å². The second kappa shape index (κ2) is 63.0. The normalized spacial score (nSPS) is 13.4. The largest absolute Gasteiger partial charge is 0.462 e. The highest BCUT2D eigenvalue weighted by Crippen LogP contribution is 2.12. The second-order valence-electron chi connectivity index (χ2n) is 19.1. The molecule has 0 heterocycles. The molecular weight excluding hydrogens is 949 g/mol. The van der Waals surface area contributed by atoms with Gasteiger partial charge >= 0.3 is 17.9 Å². The smallest absolute Gasteiger partial charge is 0.306 e. The molecule has 0 fully saturated rings. The number of allylic oxidation sites excluding steroid dienone is 30. The molecule has 6 nitrogen and oxygen atoms in total. The van der Waals surface area contributed by atoms with Crippen molar-refractivity contribution in [2.45, 2.75) is 232 Å². The zero-order chi connectivity index (χ0) is 55.7. The highest BCUT2D eigenvalue weighted by atomic mass is 16.6. The zero-order valence-electron chi connectivity index (χ0n) is 48.9. The molecule has 0 radical (unpaired) electrons. The topological polar surface area (TPSA) is 78.9 Å². The van der Waals surface area contributed by atoms with Gasteiger partial charge in [-0.1, -0.05) is 242 Å². The van der Waals surface area contributed by atoms with Gasteiger partial charge < -0.3 is 14.2 Å². The standard InChI is InChI=1S/C71H108O6/c1-4-7-10-13-16-19-22-24-26-28-30-31-32-33-34-35-36-37-38-39-41-42-44-46-49-52-55-58-61-64-70(73)76-67-68(66-75-69(72)63-60-57-54-51-48-21-18-15-12-9-6-3)77-71(74)65-62-59-56-53-50-47-45-43-40-29-27-25-23-20-17-14-11-8-5-2/h7-8,10-11,15-20,24-27,30-31,33-34,36-37,39-41,43-44,46-47,50,52,55,68H,4-6,9,12-14,21-23,28-29,32,35,38,42,45,48-49,51,53-54,56-67H2,1-3H3/b10-7-,11-8-,18-15-,19-16-,20-17-,26-24-,27-25-,31-30-,34-33-,37-36-,41-39-,43-40-,46-44-,50-47-,55-52-. The summed E-state index contributed by atoms with van der Waals surface area (Å²) >= 11 is 0. The lowest BCUT2D eigenvalue weighted by atomic mass is 10.1. The van der Waals surface area contributed by atoms with Gasteiger partial charge in [0, 0.05) is 19.3 Å². The van der Waals surface area contributed by atoms with Gasteiger partial charge in [0.1, 0.15) is 13.2 Å². The number of hydrogen-bond donors (Lipinski definition) is 0. The molecule has 6 heteroatoms. The van der Waals surface area contributed by atoms with Crippen LogP contribution in [0.3, 0.4) is 0 Å². The van der Waals surface area contributed by atoms with E-state index < -0.39 is 6.10 Å². The van der Waals surface area contributed by atoms with Crippen LogP contribution in [0.5, 0.6) is 0 Å². The van der Waals surface area contributed by atoms with Crippen LogP contribution in [0.1, 0.15) is 226 Å². The third-order valence-electron chi connectivity index (χ3n) is 11.9. The van der Waals surface area contributed by atoms with Gasteiger partial charge in [0.15, 0.2) is 6.10 Å². The molecule has 0 aliphatic rings. The summed E-state index contributed by atoms with van der Waals surface area (Å²) < 4.78 is 16.8. The minimum absolute atomic E-state index is 0.123. The lowest BCUT2D eigenvalue weighted by molar-refractivity contribution is -0.167. The summed E-state index contributed by atoms with van der Waals surface area (Å²) in [4.78, 5) is 38.1. The van der Waals surface area contributed by atoms with Crippen LogP contribution in [0.4, 0.5) is 0 Å². The van der Waals surface area contributed by atoms with E-state index in [2.05, 4.69) is 203 Å². The van der Waals surface area contributed by atoms with Crippen molar-refractivity contribution in [2.75, 3.05) is 13.2 Å². The average Bonchev–Trinajstić information content (AvgIpc) is 3.43. The van der Waals surface area contributed by atoms with E-state index in [9.17, 15) is 14.4 Å². The number of carbonyl (C=O) groups is 3. The monoisotopic (exact) mass is 1060 g/mol. The Bertz CT molecular complexity index is 1840. The Balaban J connectivity index is 4.50. The zero-order valence-corrected chi connectivity index (χ0v) is 48.9. The average molecular weight is 1060 g/mol. The number of esters is 3. The van der Waals surface area contributed by atoms with E-state index in [1.54, 1.807) is 0 Å². The van der Waals surface area contributed by atoms with Gasteiger partial charge in [0.2, 0.25) is 0 Å². The maximum Gasteiger partial charge on any atom is 0.306 e. The molecule has 0 aromatic heterocycles. The third-order valence-corrected chi connectivity index (χ3v) is 11.9. The van der Waals surface area contributed by atoms with Gasteiger partial charge in [-0.25, -0.2) is 0 Å². The molecule has 77 heavy (non-hydrogen) atoms. The fourth-order valence-corrected chi connectivity index (χ4v) is 7.39. The maximum atomic E-state index is 12.9. The van der Waals surface area contributed by atoms with Gasteiger partial charge in [-0.2, -0.15) is 0 Å². The lowest BCUT2D eigenvalue weighted by Crippen LogP contribution is -2.30. The van der Waals surface area contributed by atoms with Crippen LogP contribution < -0.4 is 0 Å². The number of unbranched alkanes of at least 4 members (excludes halogenated alkanes) is 11. The van der Waals surface area contributed by atoms with Crippen LogP contribution in [0, 0.1) is 0 Å². The Morgan fingerprint density at radius 2 is 0.519 bits per heavy atom. The Labute approximate surface area is 472 Å². The summed E-state index contributed by atoms with van der Waals surface area (Å²) in [5.41, 5.74) is 0. The molecule has 0 aromatic rings. The first kappa shape index (κ1) is 71.5. The van der Waals surface area contributed by atoms with Gasteiger partial charge in [-0.3, -0.25) is 14.4 Å². The van der Waals surface area contributed by atoms with Crippen molar-refractivity contribution in [3.63, 3.8) is 0 Å². The van der Waals surface area contributed by atoms with E-state index in [4.69, 9.17) is 14.2 Å². The fraction of sp³-hybridized carbons (Fsp3) is 0.535. The van der Waals surface area contributed by atoms with Crippen molar-refractivity contribution in [3.8, 4) is 0 Å². The molecule has 0 saturated carbocycles. The fourth-order valence-electron chi connectivity index (χ4n) is 7.39. The quantitative estimate of drug-likeness (QED) is 0.0261. The van der Waals surface area contributed by atoms with Crippen molar-refractivity contribution in [1.82, 2.24) is 0 Å². The SMILES string of the molecule is CC/C=C\C/C=C\C/C=C\C/C=C\C/C=C\C/C=C\C/C=C\C/C=C\C/C=C\CCCC(=O)OCC(COC(=O)CCCCCCC/C=C\CCCC)OC(=O)CCCCC/C=C\C/C=C\C/C=C\C/C=C\C/C=C\CC. The summed E-state index contributed by atoms with van der Waals surface area (Å²) in [7, 11) is 0. The van der Waals surface area contributed by atoms with Crippen LogP contribution in [0.25, 0.3) is 0 Å². The number of ether oxygens (including phenoxy) is 3.